The Morgan fingerprint density at radius 3 is 2.62 bits per heavy atom. The predicted molar refractivity (Wildman–Crippen MR) is 110 cm³/mol. The van der Waals surface area contributed by atoms with Crippen LogP contribution in [0.25, 0.3) is 0 Å². The molecule has 0 saturated heterocycles. The first-order valence-electron chi connectivity index (χ1n) is 9.01. The minimum Gasteiger partial charge on any atom is -0.351 e. The Kier molecular flexibility index (Phi) is 6.44. The molecule has 0 atom stereocenters. The van der Waals surface area contributed by atoms with Gasteiger partial charge in [-0.05, 0) is 5.92 Å². The highest BCUT2D eigenvalue weighted by molar-refractivity contribution is 7.09. The summed E-state index contributed by atoms with van der Waals surface area (Å²) >= 11 is 1.72. The number of hydrogen-bond acceptors (Lipinski definition) is 4. The molecule has 2 rings (SSSR count). The topological polar surface area (TPSA) is 58.3 Å². The fourth-order valence-corrected chi connectivity index (χ4v) is 3.69. The van der Waals surface area contributed by atoms with Gasteiger partial charge < -0.3 is 10.2 Å². The zero-order valence-corrected chi connectivity index (χ0v) is 18.1. The molecule has 0 aliphatic heterocycles. The molecule has 1 N–H and O–H groups in total. The number of thiazole rings is 1. The molecule has 0 aromatic carbocycles. The van der Waals surface area contributed by atoms with E-state index in [1.54, 1.807) is 11.3 Å². The molecule has 0 radical (unpaired) electrons. The molecule has 0 aliphatic carbocycles. The summed E-state index contributed by atoms with van der Waals surface area (Å²) in [4.78, 5) is 11.3. The van der Waals surface area contributed by atoms with Crippen molar-refractivity contribution in [3.8, 4) is 0 Å². The molecule has 0 fully saturated rings. The van der Waals surface area contributed by atoms with E-state index in [0.717, 1.165) is 28.9 Å². The van der Waals surface area contributed by atoms with Gasteiger partial charge in [0.2, 0.25) is 0 Å². The van der Waals surface area contributed by atoms with E-state index in [1.165, 1.54) is 5.56 Å². The van der Waals surface area contributed by atoms with Crippen LogP contribution in [0.4, 0.5) is 0 Å². The van der Waals surface area contributed by atoms with Crippen molar-refractivity contribution in [2.45, 2.75) is 59.0 Å². The van der Waals surface area contributed by atoms with Crippen LogP contribution in [-0.2, 0) is 25.6 Å². The fraction of sp³-hybridized carbons (Fsp3) is 0.632. The number of aliphatic imine (C=N–C) groups is 1. The van der Waals surface area contributed by atoms with Crippen molar-refractivity contribution in [1.29, 1.82) is 0 Å². The molecule has 2 heterocycles. The number of rotatable bonds is 5. The molecule has 0 aliphatic rings. The first kappa shape index (κ1) is 20.4. The summed E-state index contributed by atoms with van der Waals surface area (Å²) in [7, 11) is 5.83. The summed E-state index contributed by atoms with van der Waals surface area (Å²) in [5.41, 5.74) is 3.52. The Bertz CT molecular complexity index is 750. The second-order valence-electron chi connectivity index (χ2n) is 8.02. The van der Waals surface area contributed by atoms with E-state index in [4.69, 9.17) is 4.98 Å². The number of hydrogen-bond donors (Lipinski definition) is 1. The minimum absolute atomic E-state index is 0.0922. The van der Waals surface area contributed by atoms with E-state index in [1.807, 2.05) is 25.8 Å². The number of nitrogens with zero attached hydrogens (tertiary/aromatic N) is 5. The third-order valence-corrected chi connectivity index (χ3v) is 5.40. The average Bonchev–Trinajstić information content (AvgIpc) is 3.14. The van der Waals surface area contributed by atoms with Gasteiger partial charge in [-0.1, -0.05) is 34.6 Å². The molecule has 26 heavy (non-hydrogen) atoms. The predicted octanol–water partition coefficient (Wildman–Crippen LogP) is 3.50. The molecule has 0 saturated carbocycles. The average molecular weight is 377 g/mol. The highest BCUT2D eigenvalue weighted by atomic mass is 32.1. The lowest BCUT2D eigenvalue weighted by Gasteiger charge is -2.22. The van der Waals surface area contributed by atoms with Crippen LogP contribution in [0.15, 0.2) is 16.6 Å². The van der Waals surface area contributed by atoms with Crippen LogP contribution in [0.1, 0.15) is 62.5 Å². The third-order valence-electron chi connectivity index (χ3n) is 4.09. The molecular formula is C19H32N6S. The second-order valence-corrected chi connectivity index (χ2v) is 8.88. The largest absolute Gasteiger partial charge is 0.351 e. The normalized spacial score (nSPS) is 12.7. The first-order valence-corrected chi connectivity index (χ1v) is 9.88. The summed E-state index contributed by atoms with van der Waals surface area (Å²) in [5, 5.41) is 11.3. The lowest BCUT2D eigenvalue weighted by atomic mass is 9.98. The van der Waals surface area contributed by atoms with Gasteiger partial charge in [-0.25, -0.2) is 4.98 Å². The molecule has 0 bridgehead atoms. The minimum atomic E-state index is 0.0922. The van der Waals surface area contributed by atoms with Crippen LogP contribution in [0, 0.1) is 0 Å². The third kappa shape index (κ3) is 5.06. The molecule has 2 aromatic heterocycles. The second kappa shape index (κ2) is 8.20. The van der Waals surface area contributed by atoms with Gasteiger partial charge in [-0.15, -0.1) is 11.3 Å². The summed E-state index contributed by atoms with van der Waals surface area (Å²) < 4.78 is 1.89. The Morgan fingerprint density at radius 1 is 1.38 bits per heavy atom. The highest BCUT2D eigenvalue weighted by Crippen LogP contribution is 2.25. The maximum atomic E-state index is 4.74. The van der Waals surface area contributed by atoms with Crippen LogP contribution in [0.2, 0.25) is 0 Å². The lowest BCUT2D eigenvalue weighted by Crippen LogP contribution is -2.38. The number of aromatic nitrogens is 3. The number of nitrogens with one attached hydrogen (secondary N) is 1. The van der Waals surface area contributed by atoms with Crippen molar-refractivity contribution >= 4 is 17.3 Å². The molecule has 0 spiro atoms. The van der Waals surface area contributed by atoms with Crippen molar-refractivity contribution < 1.29 is 0 Å². The molecule has 2 aromatic rings. The van der Waals surface area contributed by atoms with Crippen molar-refractivity contribution in [2.75, 3.05) is 14.1 Å². The highest BCUT2D eigenvalue weighted by Gasteiger charge is 2.18. The van der Waals surface area contributed by atoms with Crippen molar-refractivity contribution in [2.24, 2.45) is 12.0 Å². The van der Waals surface area contributed by atoms with E-state index < -0.39 is 0 Å². The fourth-order valence-electron chi connectivity index (χ4n) is 2.78. The van der Waals surface area contributed by atoms with E-state index in [-0.39, 0.29) is 5.41 Å². The molecule has 144 valence electrons. The monoisotopic (exact) mass is 376 g/mol. The number of guanidine groups is 1. The van der Waals surface area contributed by atoms with Gasteiger partial charge in [0.1, 0.15) is 0 Å². The molecule has 7 heteroatoms. The van der Waals surface area contributed by atoms with Crippen LogP contribution < -0.4 is 5.32 Å². The standard InChI is InChI=1S/C19H32N6S/c1-13(2)16-14(11-25(8)23-16)10-24(7)18(20-6)21-9-15-12-26-17(22-15)19(3,4)5/h11-13H,9-10H2,1-8H3,(H,20,21). The van der Waals surface area contributed by atoms with E-state index >= 15 is 0 Å². The van der Waals surface area contributed by atoms with Crippen LogP contribution in [-0.4, -0.2) is 39.7 Å². The SMILES string of the molecule is CN=C(NCc1csc(C(C)(C)C)n1)N(C)Cc1cn(C)nc1C(C)C. The van der Waals surface area contributed by atoms with Gasteiger partial charge in [-0.2, -0.15) is 5.10 Å². The van der Waals surface area contributed by atoms with Crippen molar-refractivity contribution in [1.82, 2.24) is 25.0 Å². The summed E-state index contributed by atoms with van der Waals surface area (Å²) in [6, 6.07) is 0. The van der Waals surface area contributed by atoms with Gasteiger partial charge in [0.05, 0.1) is 22.9 Å². The van der Waals surface area contributed by atoms with Gasteiger partial charge in [-0.3, -0.25) is 9.67 Å². The Balaban J connectivity index is 2.01. The molecule has 0 unspecified atom stereocenters. The maximum Gasteiger partial charge on any atom is 0.194 e. The summed E-state index contributed by atoms with van der Waals surface area (Å²) in [5.74, 6) is 1.26. The van der Waals surface area contributed by atoms with Gasteiger partial charge in [0, 0.05) is 50.2 Å². The maximum absolute atomic E-state index is 4.74. The van der Waals surface area contributed by atoms with Gasteiger partial charge >= 0.3 is 0 Å². The van der Waals surface area contributed by atoms with E-state index in [0.29, 0.717) is 12.5 Å². The lowest BCUT2D eigenvalue weighted by molar-refractivity contribution is 0.472. The smallest absolute Gasteiger partial charge is 0.194 e. The van der Waals surface area contributed by atoms with Gasteiger partial charge in [0.15, 0.2) is 5.96 Å². The Hall–Kier alpha value is -1.89. The van der Waals surface area contributed by atoms with E-state index in [9.17, 15) is 0 Å². The van der Waals surface area contributed by atoms with Crippen LogP contribution in [0.5, 0.6) is 0 Å². The molecular weight excluding hydrogens is 344 g/mol. The van der Waals surface area contributed by atoms with Crippen LogP contribution >= 0.6 is 11.3 Å². The molecule has 0 amide bonds. The van der Waals surface area contributed by atoms with Gasteiger partial charge in [0.25, 0.3) is 0 Å². The van der Waals surface area contributed by atoms with Crippen molar-refractivity contribution in [3.63, 3.8) is 0 Å². The zero-order chi connectivity index (χ0) is 19.5. The summed E-state index contributed by atoms with van der Waals surface area (Å²) in [6.45, 7) is 12.4. The number of aryl methyl sites for hydroxylation is 1. The summed E-state index contributed by atoms with van der Waals surface area (Å²) in [6.07, 6.45) is 2.09. The molecule has 6 nitrogen and oxygen atoms in total. The Morgan fingerprint density at radius 2 is 2.08 bits per heavy atom. The zero-order valence-electron chi connectivity index (χ0n) is 17.3. The quantitative estimate of drug-likeness (QED) is 0.641. The van der Waals surface area contributed by atoms with Crippen LogP contribution in [0.3, 0.4) is 0 Å². The Labute approximate surface area is 161 Å². The first-order chi connectivity index (χ1) is 12.1. The van der Waals surface area contributed by atoms with E-state index in [2.05, 4.69) is 66.5 Å². The van der Waals surface area contributed by atoms with Crippen molar-refractivity contribution in [3.05, 3.63) is 33.5 Å².